The first-order valence-electron chi connectivity index (χ1n) is 6.31. The lowest BCUT2D eigenvalue weighted by atomic mass is 9.68. The summed E-state index contributed by atoms with van der Waals surface area (Å²) in [5.41, 5.74) is -0.0789. The highest BCUT2D eigenvalue weighted by Crippen LogP contribution is 2.39. The van der Waals surface area contributed by atoms with E-state index in [2.05, 4.69) is 5.32 Å². The third-order valence-corrected chi connectivity index (χ3v) is 4.05. The van der Waals surface area contributed by atoms with Crippen LogP contribution in [0.3, 0.4) is 0 Å². The summed E-state index contributed by atoms with van der Waals surface area (Å²) in [6.45, 7) is 0.0882. The molecule has 0 spiro atoms. The number of halogens is 1. The number of Topliss-reactive ketones (excluding diaryl/α,β-unsaturated/α-hetero) is 1. The second kappa shape index (κ2) is 5.61. The summed E-state index contributed by atoms with van der Waals surface area (Å²) in [7, 11) is 0. The fourth-order valence-electron chi connectivity index (χ4n) is 2.73. The van der Waals surface area contributed by atoms with E-state index in [0.717, 1.165) is 18.4 Å². The number of rotatable bonds is 3. The van der Waals surface area contributed by atoms with E-state index >= 15 is 0 Å². The fourth-order valence-corrected chi connectivity index (χ4v) is 3.05. The van der Waals surface area contributed by atoms with Crippen LogP contribution in [0, 0.1) is 0 Å². The van der Waals surface area contributed by atoms with E-state index in [0.29, 0.717) is 17.9 Å². The van der Waals surface area contributed by atoms with E-state index < -0.39 is 11.5 Å². The second-order valence-corrected chi connectivity index (χ2v) is 5.26. The molecule has 1 fully saturated rings. The molecule has 0 heterocycles. The minimum absolute atomic E-state index is 0.0700. The standard InChI is InChI=1S/C14H16ClNO3/c15-11-6-2-1-5-10(11)14(9-16-13(18)19)8-4-3-7-12(14)17/h1-2,5-6,16H,3-4,7-9H2,(H,18,19). The molecule has 0 aromatic heterocycles. The number of carbonyl (C=O) groups is 2. The Bertz CT molecular complexity index is 503. The van der Waals surface area contributed by atoms with Gasteiger partial charge in [0, 0.05) is 18.0 Å². The van der Waals surface area contributed by atoms with Crippen molar-refractivity contribution in [3.05, 3.63) is 34.9 Å². The Hall–Kier alpha value is -1.55. The van der Waals surface area contributed by atoms with Crippen molar-refractivity contribution in [1.29, 1.82) is 0 Å². The Kier molecular flexibility index (Phi) is 4.10. The molecule has 0 radical (unpaired) electrons. The van der Waals surface area contributed by atoms with Crippen LogP contribution in [0.2, 0.25) is 5.02 Å². The predicted octanol–water partition coefficient (Wildman–Crippen LogP) is 2.99. The lowest BCUT2D eigenvalue weighted by Crippen LogP contribution is -2.48. The van der Waals surface area contributed by atoms with Gasteiger partial charge in [-0.3, -0.25) is 4.79 Å². The normalized spacial score (nSPS) is 23.1. The van der Waals surface area contributed by atoms with Crippen molar-refractivity contribution in [2.24, 2.45) is 0 Å². The van der Waals surface area contributed by atoms with Crippen LogP contribution in [0.1, 0.15) is 31.2 Å². The Morgan fingerprint density at radius 3 is 2.74 bits per heavy atom. The smallest absolute Gasteiger partial charge is 0.404 e. The number of carbonyl (C=O) groups excluding carboxylic acids is 1. The van der Waals surface area contributed by atoms with Crippen LogP contribution in [0.5, 0.6) is 0 Å². The summed E-state index contributed by atoms with van der Waals surface area (Å²) < 4.78 is 0. The highest BCUT2D eigenvalue weighted by Gasteiger charge is 2.42. The van der Waals surface area contributed by atoms with E-state index in [1.54, 1.807) is 12.1 Å². The molecule has 1 amide bonds. The van der Waals surface area contributed by atoms with Gasteiger partial charge in [-0.05, 0) is 24.5 Å². The Morgan fingerprint density at radius 2 is 2.11 bits per heavy atom. The minimum atomic E-state index is -1.12. The van der Waals surface area contributed by atoms with Crippen molar-refractivity contribution in [3.8, 4) is 0 Å². The van der Waals surface area contributed by atoms with Gasteiger partial charge < -0.3 is 10.4 Å². The lowest BCUT2D eigenvalue weighted by Gasteiger charge is -2.36. The average Bonchev–Trinajstić information content (AvgIpc) is 2.39. The van der Waals surface area contributed by atoms with Crippen LogP contribution in [0.25, 0.3) is 0 Å². The summed E-state index contributed by atoms with van der Waals surface area (Å²) in [6.07, 6.45) is 1.75. The molecule has 2 rings (SSSR count). The number of amides is 1. The van der Waals surface area contributed by atoms with Gasteiger partial charge >= 0.3 is 6.09 Å². The van der Waals surface area contributed by atoms with Gasteiger partial charge in [0.1, 0.15) is 5.78 Å². The fraction of sp³-hybridized carbons (Fsp3) is 0.429. The number of hydrogen-bond donors (Lipinski definition) is 2. The zero-order valence-electron chi connectivity index (χ0n) is 10.5. The first-order chi connectivity index (χ1) is 9.06. The molecule has 1 aromatic rings. The monoisotopic (exact) mass is 281 g/mol. The molecule has 0 saturated heterocycles. The van der Waals surface area contributed by atoms with Crippen molar-refractivity contribution < 1.29 is 14.7 Å². The SMILES string of the molecule is O=C(O)NCC1(c2ccccc2Cl)CCCCC1=O. The molecule has 1 saturated carbocycles. The van der Waals surface area contributed by atoms with Crippen molar-refractivity contribution in [2.75, 3.05) is 6.54 Å². The summed E-state index contributed by atoms with van der Waals surface area (Å²) in [5.74, 6) is 0.0700. The molecule has 19 heavy (non-hydrogen) atoms. The Labute approximate surface area is 116 Å². The number of ketones is 1. The van der Waals surface area contributed by atoms with Gasteiger partial charge in [-0.15, -0.1) is 0 Å². The Morgan fingerprint density at radius 1 is 1.37 bits per heavy atom. The van der Waals surface area contributed by atoms with Gasteiger partial charge in [0.15, 0.2) is 0 Å². The van der Waals surface area contributed by atoms with E-state index in [1.165, 1.54) is 0 Å². The molecule has 1 unspecified atom stereocenters. The van der Waals surface area contributed by atoms with Crippen LogP contribution >= 0.6 is 11.6 Å². The maximum absolute atomic E-state index is 12.4. The molecule has 0 bridgehead atoms. The van der Waals surface area contributed by atoms with Gasteiger partial charge in [0.05, 0.1) is 5.41 Å². The van der Waals surface area contributed by atoms with Crippen LogP contribution < -0.4 is 5.32 Å². The quantitative estimate of drug-likeness (QED) is 0.895. The summed E-state index contributed by atoms with van der Waals surface area (Å²) in [4.78, 5) is 23.1. The minimum Gasteiger partial charge on any atom is -0.465 e. The van der Waals surface area contributed by atoms with Crippen molar-refractivity contribution >= 4 is 23.5 Å². The van der Waals surface area contributed by atoms with E-state index in [4.69, 9.17) is 16.7 Å². The average molecular weight is 282 g/mol. The van der Waals surface area contributed by atoms with Gasteiger partial charge in [0.2, 0.25) is 0 Å². The molecule has 1 aliphatic carbocycles. The molecule has 102 valence electrons. The maximum atomic E-state index is 12.4. The van der Waals surface area contributed by atoms with Crippen LogP contribution in [-0.4, -0.2) is 23.5 Å². The van der Waals surface area contributed by atoms with Gasteiger partial charge in [-0.2, -0.15) is 0 Å². The third kappa shape index (κ3) is 2.73. The molecule has 1 aromatic carbocycles. The highest BCUT2D eigenvalue weighted by atomic mass is 35.5. The maximum Gasteiger partial charge on any atom is 0.404 e. The molecule has 1 aliphatic rings. The molecule has 0 aliphatic heterocycles. The third-order valence-electron chi connectivity index (χ3n) is 3.72. The second-order valence-electron chi connectivity index (χ2n) is 4.85. The van der Waals surface area contributed by atoms with E-state index in [9.17, 15) is 9.59 Å². The summed E-state index contributed by atoms with van der Waals surface area (Å²) in [5, 5.41) is 11.7. The van der Waals surface area contributed by atoms with Crippen molar-refractivity contribution in [3.63, 3.8) is 0 Å². The zero-order valence-corrected chi connectivity index (χ0v) is 11.2. The molecular formula is C14H16ClNO3. The summed E-state index contributed by atoms with van der Waals surface area (Å²) in [6, 6.07) is 7.18. The van der Waals surface area contributed by atoms with Crippen LogP contribution in [0.4, 0.5) is 4.79 Å². The van der Waals surface area contributed by atoms with Crippen molar-refractivity contribution in [1.82, 2.24) is 5.32 Å². The van der Waals surface area contributed by atoms with E-state index in [1.807, 2.05) is 12.1 Å². The zero-order chi connectivity index (χ0) is 13.9. The predicted molar refractivity (Wildman–Crippen MR) is 72.6 cm³/mol. The number of nitrogens with one attached hydrogen (secondary N) is 1. The van der Waals surface area contributed by atoms with Crippen molar-refractivity contribution in [2.45, 2.75) is 31.1 Å². The number of benzene rings is 1. The van der Waals surface area contributed by atoms with Crippen LogP contribution in [-0.2, 0) is 10.2 Å². The molecule has 5 heteroatoms. The van der Waals surface area contributed by atoms with Gasteiger partial charge in [0.25, 0.3) is 0 Å². The van der Waals surface area contributed by atoms with E-state index in [-0.39, 0.29) is 12.3 Å². The summed E-state index contributed by atoms with van der Waals surface area (Å²) >= 11 is 6.20. The van der Waals surface area contributed by atoms with Gasteiger partial charge in [-0.25, -0.2) is 4.79 Å². The first-order valence-corrected chi connectivity index (χ1v) is 6.69. The Balaban J connectivity index is 2.41. The lowest BCUT2D eigenvalue weighted by molar-refractivity contribution is -0.126. The molecule has 1 atom stereocenters. The number of carboxylic acid groups (broad SMARTS) is 1. The number of hydrogen-bond acceptors (Lipinski definition) is 2. The first kappa shape index (κ1) is 13.9. The highest BCUT2D eigenvalue weighted by molar-refractivity contribution is 6.31. The van der Waals surface area contributed by atoms with Crippen LogP contribution in [0.15, 0.2) is 24.3 Å². The molecule has 4 nitrogen and oxygen atoms in total. The topological polar surface area (TPSA) is 66.4 Å². The molecule has 2 N–H and O–H groups in total. The largest absolute Gasteiger partial charge is 0.465 e. The molecular weight excluding hydrogens is 266 g/mol. The van der Waals surface area contributed by atoms with Gasteiger partial charge in [-0.1, -0.05) is 36.2 Å².